The molecule has 1 saturated carbocycles. The van der Waals surface area contributed by atoms with E-state index in [0.717, 1.165) is 35.3 Å². The van der Waals surface area contributed by atoms with Crippen LogP contribution < -0.4 is 4.74 Å². The van der Waals surface area contributed by atoms with Crippen LogP contribution in [0.3, 0.4) is 0 Å². The van der Waals surface area contributed by atoms with E-state index in [0.29, 0.717) is 25.0 Å². The average molecular weight is 399 g/mol. The van der Waals surface area contributed by atoms with E-state index in [4.69, 9.17) is 4.74 Å². The van der Waals surface area contributed by atoms with Gasteiger partial charge < -0.3 is 9.64 Å². The van der Waals surface area contributed by atoms with Crippen LogP contribution in [0.5, 0.6) is 5.75 Å². The molecule has 4 rings (SSSR count). The maximum absolute atomic E-state index is 13.0. The van der Waals surface area contributed by atoms with E-state index in [1.54, 1.807) is 11.3 Å². The van der Waals surface area contributed by atoms with Crippen molar-refractivity contribution in [3.05, 3.63) is 45.9 Å². The summed E-state index contributed by atoms with van der Waals surface area (Å²) in [6, 6.07) is 8.49. The Morgan fingerprint density at radius 2 is 2.00 bits per heavy atom. The van der Waals surface area contributed by atoms with Gasteiger partial charge in [-0.2, -0.15) is 0 Å². The number of nitrogens with zero attached hydrogens (tertiary/aromatic N) is 2. The minimum absolute atomic E-state index is 0.250. The first-order chi connectivity index (χ1) is 13.6. The van der Waals surface area contributed by atoms with Crippen molar-refractivity contribution >= 4 is 17.2 Å². The number of likely N-dealkylation sites (tertiary alicyclic amines) is 1. The lowest BCUT2D eigenvalue weighted by Gasteiger charge is -2.47. The molecule has 2 fully saturated rings. The van der Waals surface area contributed by atoms with Crippen LogP contribution in [0, 0.1) is 18.8 Å². The number of hydrogen-bond donors (Lipinski definition) is 0. The molecule has 0 radical (unpaired) electrons. The number of amides is 1. The van der Waals surface area contributed by atoms with Crippen LogP contribution in [0.15, 0.2) is 29.6 Å². The first-order valence-electron chi connectivity index (χ1n) is 10.5. The normalized spacial score (nSPS) is 24.6. The van der Waals surface area contributed by atoms with Gasteiger partial charge in [0.05, 0.1) is 12.1 Å². The van der Waals surface area contributed by atoms with Gasteiger partial charge in [-0.1, -0.05) is 37.5 Å². The number of rotatable bonds is 5. The molecule has 0 bridgehead atoms. The second kappa shape index (κ2) is 8.64. The Labute approximate surface area is 171 Å². The van der Waals surface area contributed by atoms with Crippen molar-refractivity contribution in [2.24, 2.45) is 11.8 Å². The molecule has 1 saturated heterocycles. The van der Waals surface area contributed by atoms with E-state index in [1.165, 1.54) is 31.2 Å². The zero-order valence-corrected chi connectivity index (χ0v) is 17.7. The molecule has 5 heteroatoms. The van der Waals surface area contributed by atoms with Gasteiger partial charge in [0.2, 0.25) is 5.91 Å². The van der Waals surface area contributed by atoms with E-state index >= 15 is 0 Å². The number of ether oxygens (including phenoxy) is 1. The van der Waals surface area contributed by atoms with Crippen molar-refractivity contribution in [2.75, 3.05) is 6.54 Å². The number of aryl methyl sites for hydroxylation is 1. The summed E-state index contributed by atoms with van der Waals surface area (Å²) in [7, 11) is 0. The van der Waals surface area contributed by atoms with Crippen molar-refractivity contribution in [3.8, 4) is 5.75 Å². The molecule has 3 unspecified atom stereocenters. The smallest absolute Gasteiger partial charge is 0.228 e. The highest BCUT2D eigenvalue weighted by Gasteiger charge is 2.39. The third kappa shape index (κ3) is 4.40. The van der Waals surface area contributed by atoms with Gasteiger partial charge in [0.25, 0.3) is 0 Å². The highest BCUT2D eigenvalue weighted by atomic mass is 32.1. The quantitative estimate of drug-likeness (QED) is 0.712. The van der Waals surface area contributed by atoms with Gasteiger partial charge in [0, 0.05) is 18.0 Å². The Morgan fingerprint density at radius 3 is 2.82 bits per heavy atom. The van der Waals surface area contributed by atoms with Gasteiger partial charge in [-0.15, -0.1) is 11.3 Å². The Morgan fingerprint density at radius 1 is 1.21 bits per heavy atom. The average Bonchev–Trinajstić information content (AvgIpc) is 3.15. The lowest BCUT2D eigenvalue weighted by atomic mass is 9.72. The molecule has 2 aromatic rings. The zero-order valence-electron chi connectivity index (χ0n) is 16.9. The van der Waals surface area contributed by atoms with Crippen LogP contribution in [-0.4, -0.2) is 28.4 Å². The first-order valence-corrected chi connectivity index (χ1v) is 11.4. The zero-order chi connectivity index (χ0) is 19.5. The van der Waals surface area contributed by atoms with Gasteiger partial charge in [0.1, 0.15) is 17.4 Å². The molecule has 2 aliphatic rings. The molecule has 150 valence electrons. The van der Waals surface area contributed by atoms with Crippen LogP contribution in [-0.2, 0) is 17.8 Å². The van der Waals surface area contributed by atoms with E-state index in [-0.39, 0.29) is 5.91 Å². The number of carbonyl (C=O) groups is 1. The highest BCUT2D eigenvalue weighted by molar-refractivity contribution is 7.09. The van der Waals surface area contributed by atoms with Crippen LogP contribution in [0.4, 0.5) is 0 Å². The Balaban J connectivity index is 1.34. The number of carbonyl (C=O) groups excluding carboxylic acids is 1. The highest BCUT2D eigenvalue weighted by Crippen LogP contribution is 2.39. The van der Waals surface area contributed by atoms with Gasteiger partial charge in [-0.3, -0.25) is 4.79 Å². The Kier molecular flexibility index (Phi) is 6.00. The molecular weight excluding hydrogens is 368 g/mol. The maximum Gasteiger partial charge on any atom is 0.228 e. The lowest BCUT2D eigenvalue weighted by molar-refractivity contribution is -0.138. The second-order valence-corrected chi connectivity index (χ2v) is 9.32. The largest absolute Gasteiger partial charge is 0.486 e. The molecule has 4 nitrogen and oxygen atoms in total. The fourth-order valence-electron chi connectivity index (χ4n) is 4.76. The van der Waals surface area contributed by atoms with Crippen molar-refractivity contribution in [1.29, 1.82) is 0 Å². The Bertz CT molecular complexity index is 801. The molecule has 3 atom stereocenters. The fourth-order valence-corrected chi connectivity index (χ4v) is 5.46. The molecule has 2 heterocycles. The van der Waals surface area contributed by atoms with E-state index in [2.05, 4.69) is 23.7 Å². The number of hydrogen-bond acceptors (Lipinski definition) is 4. The van der Waals surface area contributed by atoms with Crippen molar-refractivity contribution in [1.82, 2.24) is 9.88 Å². The predicted molar refractivity (Wildman–Crippen MR) is 113 cm³/mol. The summed E-state index contributed by atoms with van der Waals surface area (Å²) in [5.74, 6) is 2.55. The summed E-state index contributed by atoms with van der Waals surface area (Å²) in [5, 5.41) is 2.93. The van der Waals surface area contributed by atoms with Crippen LogP contribution in [0.1, 0.15) is 55.3 Å². The standard InChI is InChI=1S/C23H30N2O2S/c1-16-7-9-19(10-8-16)27-14-22-24-18(15-28-22)13-23(26)25-12-11-17(2)20-5-3-4-6-21(20)25/h7-10,15,17,20-21H,3-6,11-14H2,1-2H3. The fraction of sp³-hybridized carbons (Fsp3) is 0.565. The van der Waals surface area contributed by atoms with Crippen LogP contribution >= 0.6 is 11.3 Å². The predicted octanol–water partition coefficient (Wildman–Crippen LogP) is 5.00. The summed E-state index contributed by atoms with van der Waals surface area (Å²) < 4.78 is 5.82. The third-order valence-electron chi connectivity index (χ3n) is 6.37. The molecular formula is C23H30N2O2S. The number of benzene rings is 1. The van der Waals surface area contributed by atoms with E-state index in [1.807, 2.05) is 29.6 Å². The summed E-state index contributed by atoms with van der Waals surface area (Å²) in [5.41, 5.74) is 2.10. The molecule has 1 aromatic carbocycles. The molecule has 0 spiro atoms. The van der Waals surface area contributed by atoms with Crippen molar-refractivity contribution in [3.63, 3.8) is 0 Å². The molecule has 1 aliphatic heterocycles. The minimum Gasteiger partial charge on any atom is -0.486 e. The summed E-state index contributed by atoms with van der Waals surface area (Å²) in [4.78, 5) is 19.8. The van der Waals surface area contributed by atoms with Crippen molar-refractivity contribution < 1.29 is 9.53 Å². The number of thiazole rings is 1. The van der Waals surface area contributed by atoms with Gasteiger partial charge in [0.15, 0.2) is 0 Å². The molecule has 1 aliphatic carbocycles. The van der Waals surface area contributed by atoms with Gasteiger partial charge in [-0.25, -0.2) is 4.98 Å². The number of aromatic nitrogens is 1. The summed E-state index contributed by atoms with van der Waals surface area (Å²) >= 11 is 1.58. The van der Waals surface area contributed by atoms with E-state index in [9.17, 15) is 4.79 Å². The van der Waals surface area contributed by atoms with Gasteiger partial charge in [-0.05, 0) is 50.2 Å². The van der Waals surface area contributed by atoms with Gasteiger partial charge >= 0.3 is 0 Å². The van der Waals surface area contributed by atoms with Crippen molar-refractivity contribution in [2.45, 2.75) is 65.0 Å². The monoisotopic (exact) mass is 398 g/mol. The molecule has 1 amide bonds. The summed E-state index contributed by atoms with van der Waals surface area (Å²) in [6.45, 7) is 5.79. The third-order valence-corrected chi connectivity index (χ3v) is 7.24. The van der Waals surface area contributed by atoms with Crippen LogP contribution in [0.2, 0.25) is 0 Å². The molecule has 28 heavy (non-hydrogen) atoms. The topological polar surface area (TPSA) is 42.4 Å². The summed E-state index contributed by atoms with van der Waals surface area (Å²) in [6.07, 6.45) is 6.59. The first kappa shape index (κ1) is 19.4. The number of fused-ring (bicyclic) bond motifs is 1. The molecule has 1 aromatic heterocycles. The maximum atomic E-state index is 13.0. The SMILES string of the molecule is Cc1ccc(OCc2nc(CC(=O)N3CCC(C)C4CCCCC43)cs2)cc1. The molecule has 0 N–H and O–H groups in total. The second-order valence-electron chi connectivity index (χ2n) is 8.38. The van der Waals surface area contributed by atoms with Crippen LogP contribution in [0.25, 0.3) is 0 Å². The number of piperidine rings is 1. The Hall–Kier alpha value is -1.88. The van der Waals surface area contributed by atoms with E-state index < -0.39 is 0 Å². The lowest BCUT2D eigenvalue weighted by Crippen LogP contribution is -2.52. The minimum atomic E-state index is 0.250.